The van der Waals surface area contributed by atoms with Gasteiger partial charge in [0, 0.05) is 11.6 Å². The molecule has 0 radical (unpaired) electrons. The number of rotatable bonds is 2. The van der Waals surface area contributed by atoms with Crippen molar-refractivity contribution in [1.82, 2.24) is 0 Å². The Bertz CT molecular complexity index is 417. The van der Waals surface area contributed by atoms with E-state index in [2.05, 4.69) is 26.8 Å². The summed E-state index contributed by atoms with van der Waals surface area (Å²) in [6, 6.07) is 2.16. The highest BCUT2D eigenvalue weighted by molar-refractivity contribution is 5.85. The molecule has 0 spiro atoms. The lowest BCUT2D eigenvalue weighted by Crippen LogP contribution is -2.07. The van der Waals surface area contributed by atoms with Crippen LogP contribution in [0.15, 0.2) is 6.07 Å². The van der Waals surface area contributed by atoms with Gasteiger partial charge in [-0.05, 0) is 48.8 Å². The quantitative estimate of drug-likeness (QED) is 0.849. The SMILES string of the molecule is CCC(C)c1cc(C)c2c(c1O)C(N)CC2.Cl. The lowest BCUT2D eigenvalue weighted by atomic mass is 9.90. The zero-order valence-electron chi connectivity index (χ0n) is 10.8. The van der Waals surface area contributed by atoms with Gasteiger partial charge in [0.05, 0.1) is 0 Å². The third-order valence-corrected chi connectivity index (χ3v) is 3.92. The zero-order chi connectivity index (χ0) is 11.9. The minimum atomic E-state index is 0. The molecule has 1 aliphatic rings. The van der Waals surface area contributed by atoms with Crippen LogP contribution >= 0.6 is 12.4 Å². The number of phenolic OH excluding ortho intramolecular Hbond substituents is 1. The van der Waals surface area contributed by atoms with Crippen LogP contribution in [0.25, 0.3) is 0 Å². The summed E-state index contributed by atoms with van der Waals surface area (Å²) in [6.45, 7) is 6.43. The molecular formula is C14H22ClNO. The van der Waals surface area contributed by atoms with Crippen LogP contribution in [0.4, 0.5) is 0 Å². The number of hydrogen-bond acceptors (Lipinski definition) is 2. The van der Waals surface area contributed by atoms with Gasteiger partial charge < -0.3 is 10.8 Å². The summed E-state index contributed by atoms with van der Waals surface area (Å²) in [5.74, 6) is 0.858. The van der Waals surface area contributed by atoms with Gasteiger partial charge in [0.2, 0.25) is 0 Å². The lowest BCUT2D eigenvalue weighted by molar-refractivity contribution is 0.450. The van der Waals surface area contributed by atoms with E-state index in [1.807, 2.05) is 0 Å². The van der Waals surface area contributed by atoms with Crippen LogP contribution in [0, 0.1) is 6.92 Å². The normalized spacial score (nSPS) is 19.6. The second kappa shape index (κ2) is 5.28. The number of hydrogen-bond donors (Lipinski definition) is 2. The first kappa shape index (κ1) is 14.3. The largest absolute Gasteiger partial charge is 0.507 e. The molecule has 3 heteroatoms. The number of halogens is 1. The Hall–Kier alpha value is -0.730. The van der Waals surface area contributed by atoms with E-state index >= 15 is 0 Å². The highest BCUT2D eigenvalue weighted by Crippen LogP contribution is 2.42. The van der Waals surface area contributed by atoms with E-state index in [4.69, 9.17) is 5.73 Å². The molecule has 2 nitrogen and oxygen atoms in total. The first-order valence-electron chi connectivity index (χ1n) is 6.17. The van der Waals surface area contributed by atoms with Gasteiger partial charge in [-0.15, -0.1) is 12.4 Å². The number of phenols is 1. The topological polar surface area (TPSA) is 46.2 Å². The molecule has 3 N–H and O–H groups in total. The van der Waals surface area contributed by atoms with Gasteiger partial charge in [-0.25, -0.2) is 0 Å². The number of benzene rings is 1. The van der Waals surface area contributed by atoms with Gasteiger partial charge in [-0.2, -0.15) is 0 Å². The molecule has 17 heavy (non-hydrogen) atoms. The average Bonchev–Trinajstić information content (AvgIpc) is 2.65. The molecule has 0 aromatic heterocycles. The first-order valence-corrected chi connectivity index (χ1v) is 6.17. The van der Waals surface area contributed by atoms with Crippen molar-refractivity contribution in [3.05, 3.63) is 28.3 Å². The van der Waals surface area contributed by atoms with Crippen molar-refractivity contribution >= 4 is 12.4 Å². The van der Waals surface area contributed by atoms with E-state index in [9.17, 15) is 5.11 Å². The molecule has 2 rings (SSSR count). The van der Waals surface area contributed by atoms with Gasteiger partial charge >= 0.3 is 0 Å². The van der Waals surface area contributed by atoms with Crippen LogP contribution < -0.4 is 5.73 Å². The monoisotopic (exact) mass is 255 g/mol. The molecule has 0 saturated carbocycles. The number of aromatic hydroxyl groups is 1. The summed E-state index contributed by atoms with van der Waals surface area (Å²) >= 11 is 0. The number of nitrogens with two attached hydrogens (primary N) is 1. The van der Waals surface area contributed by atoms with Gasteiger partial charge in [0.1, 0.15) is 5.75 Å². The minimum absolute atomic E-state index is 0. The Balaban J connectivity index is 0.00000144. The molecule has 0 amide bonds. The maximum Gasteiger partial charge on any atom is 0.124 e. The van der Waals surface area contributed by atoms with E-state index in [0.717, 1.165) is 30.4 Å². The molecule has 2 atom stereocenters. The van der Waals surface area contributed by atoms with Gasteiger partial charge in [0.25, 0.3) is 0 Å². The molecule has 0 heterocycles. The highest BCUT2D eigenvalue weighted by atomic mass is 35.5. The van der Waals surface area contributed by atoms with Crippen molar-refractivity contribution in [2.75, 3.05) is 0 Å². The third kappa shape index (κ3) is 2.29. The van der Waals surface area contributed by atoms with E-state index in [1.165, 1.54) is 11.1 Å². The minimum Gasteiger partial charge on any atom is -0.507 e. The highest BCUT2D eigenvalue weighted by Gasteiger charge is 2.27. The van der Waals surface area contributed by atoms with Crippen LogP contribution in [-0.2, 0) is 6.42 Å². The van der Waals surface area contributed by atoms with Gasteiger partial charge in [-0.1, -0.05) is 19.9 Å². The smallest absolute Gasteiger partial charge is 0.124 e. The van der Waals surface area contributed by atoms with Gasteiger partial charge in [-0.3, -0.25) is 0 Å². The molecule has 0 saturated heterocycles. The standard InChI is InChI=1S/C14H21NO.ClH/c1-4-8(2)11-7-9(3)10-5-6-12(15)13(10)14(11)16;/h7-8,12,16H,4-6,15H2,1-3H3;1H. The van der Waals surface area contributed by atoms with Crippen LogP contribution in [0.1, 0.15) is 60.9 Å². The summed E-state index contributed by atoms with van der Waals surface area (Å²) in [7, 11) is 0. The summed E-state index contributed by atoms with van der Waals surface area (Å²) < 4.78 is 0. The molecule has 0 bridgehead atoms. The average molecular weight is 256 g/mol. The van der Waals surface area contributed by atoms with Gasteiger partial charge in [0.15, 0.2) is 0 Å². The molecule has 1 aromatic carbocycles. The predicted molar refractivity (Wildman–Crippen MR) is 74.0 cm³/mol. The van der Waals surface area contributed by atoms with Crippen molar-refractivity contribution < 1.29 is 5.11 Å². The second-order valence-electron chi connectivity index (χ2n) is 4.98. The summed E-state index contributed by atoms with van der Waals surface area (Å²) in [6.07, 6.45) is 3.02. The Morgan fingerprint density at radius 3 is 2.76 bits per heavy atom. The Morgan fingerprint density at radius 2 is 2.18 bits per heavy atom. The zero-order valence-corrected chi connectivity index (χ0v) is 11.6. The Kier molecular flexibility index (Phi) is 4.45. The van der Waals surface area contributed by atoms with Crippen molar-refractivity contribution in [3.63, 3.8) is 0 Å². The maximum absolute atomic E-state index is 10.3. The molecule has 0 aliphatic heterocycles. The summed E-state index contributed by atoms with van der Waals surface area (Å²) in [4.78, 5) is 0. The molecular weight excluding hydrogens is 234 g/mol. The molecule has 0 fully saturated rings. The Morgan fingerprint density at radius 1 is 1.53 bits per heavy atom. The van der Waals surface area contributed by atoms with Crippen molar-refractivity contribution in [1.29, 1.82) is 0 Å². The third-order valence-electron chi connectivity index (χ3n) is 3.92. The van der Waals surface area contributed by atoms with Crippen LogP contribution in [0.5, 0.6) is 5.75 Å². The molecule has 2 unspecified atom stereocenters. The van der Waals surface area contributed by atoms with Crippen molar-refractivity contribution in [2.45, 2.75) is 52.0 Å². The fraction of sp³-hybridized carbons (Fsp3) is 0.571. The molecule has 1 aromatic rings. The second-order valence-corrected chi connectivity index (χ2v) is 4.98. The van der Waals surface area contributed by atoms with Crippen LogP contribution in [0.2, 0.25) is 0 Å². The van der Waals surface area contributed by atoms with Crippen molar-refractivity contribution in [2.24, 2.45) is 5.73 Å². The fourth-order valence-electron chi connectivity index (χ4n) is 2.67. The molecule has 1 aliphatic carbocycles. The predicted octanol–water partition coefficient (Wildman–Crippen LogP) is 3.58. The van der Waals surface area contributed by atoms with Crippen molar-refractivity contribution in [3.8, 4) is 5.75 Å². The van der Waals surface area contributed by atoms with E-state index in [-0.39, 0.29) is 18.4 Å². The summed E-state index contributed by atoms with van der Waals surface area (Å²) in [5.41, 5.74) is 10.7. The number of fused-ring (bicyclic) bond motifs is 1. The Labute approximate surface area is 110 Å². The van der Waals surface area contributed by atoms with Crippen LogP contribution in [-0.4, -0.2) is 5.11 Å². The fourth-order valence-corrected chi connectivity index (χ4v) is 2.67. The maximum atomic E-state index is 10.3. The van der Waals surface area contributed by atoms with E-state index in [0.29, 0.717) is 11.7 Å². The van der Waals surface area contributed by atoms with Crippen LogP contribution in [0.3, 0.4) is 0 Å². The molecule has 96 valence electrons. The van der Waals surface area contributed by atoms with E-state index in [1.54, 1.807) is 0 Å². The summed E-state index contributed by atoms with van der Waals surface area (Å²) in [5, 5.41) is 10.3. The van der Waals surface area contributed by atoms with E-state index < -0.39 is 0 Å². The lowest BCUT2D eigenvalue weighted by Gasteiger charge is -2.18. The first-order chi connectivity index (χ1) is 7.56. The number of aryl methyl sites for hydroxylation is 1.